The maximum absolute atomic E-state index is 9.53. The molecule has 2 heteroatoms. The molecule has 1 atom stereocenters. The van der Waals surface area contributed by atoms with Crippen LogP contribution in [0, 0.1) is 13.8 Å². The van der Waals surface area contributed by atoms with Crippen molar-refractivity contribution >= 4 is 0 Å². The van der Waals surface area contributed by atoms with Crippen molar-refractivity contribution in [3.63, 3.8) is 0 Å². The maximum atomic E-state index is 9.53. The summed E-state index contributed by atoms with van der Waals surface area (Å²) in [4.78, 5) is 0. The van der Waals surface area contributed by atoms with Crippen LogP contribution in [0.2, 0.25) is 0 Å². The van der Waals surface area contributed by atoms with Crippen molar-refractivity contribution in [3.05, 3.63) is 34.4 Å². The Morgan fingerprint density at radius 3 is 2.00 bits per heavy atom. The van der Waals surface area contributed by atoms with Crippen LogP contribution in [0.5, 0.6) is 0 Å². The van der Waals surface area contributed by atoms with Gasteiger partial charge in [0.05, 0.1) is 12.6 Å². The summed E-state index contributed by atoms with van der Waals surface area (Å²) in [7, 11) is 0. The minimum Gasteiger partial charge on any atom is -0.394 e. The van der Waals surface area contributed by atoms with E-state index in [1.165, 1.54) is 22.3 Å². The van der Waals surface area contributed by atoms with Gasteiger partial charge in [-0.3, -0.25) is 0 Å². The van der Waals surface area contributed by atoms with E-state index in [0.717, 1.165) is 6.54 Å². The third-order valence-electron chi connectivity index (χ3n) is 3.44. The van der Waals surface area contributed by atoms with Crippen LogP contribution in [-0.2, 0) is 5.41 Å². The quantitative estimate of drug-likeness (QED) is 0.858. The summed E-state index contributed by atoms with van der Waals surface area (Å²) in [5.74, 6) is 0. The van der Waals surface area contributed by atoms with Crippen LogP contribution >= 0.6 is 0 Å². The van der Waals surface area contributed by atoms with E-state index < -0.39 is 0 Å². The van der Waals surface area contributed by atoms with Gasteiger partial charge in [-0.1, -0.05) is 39.8 Å². The molecular formula is C16H27NO. The third-order valence-corrected chi connectivity index (χ3v) is 3.44. The lowest BCUT2D eigenvalue weighted by Crippen LogP contribution is -2.26. The molecule has 0 spiro atoms. The molecule has 0 aromatic heterocycles. The SMILES string of the molecule is CCNC(CO)c1c(C)cc(C(C)(C)C)cc1C. The first-order valence-electron chi connectivity index (χ1n) is 6.77. The van der Waals surface area contributed by atoms with Crippen molar-refractivity contribution in [2.75, 3.05) is 13.2 Å². The molecule has 0 amide bonds. The Kier molecular flexibility index (Phi) is 4.94. The topological polar surface area (TPSA) is 32.3 Å². The van der Waals surface area contributed by atoms with Crippen LogP contribution < -0.4 is 5.32 Å². The zero-order chi connectivity index (χ0) is 13.9. The molecule has 102 valence electrons. The summed E-state index contributed by atoms with van der Waals surface area (Å²) < 4.78 is 0. The van der Waals surface area contributed by atoms with Gasteiger partial charge in [-0.05, 0) is 48.1 Å². The fourth-order valence-electron chi connectivity index (χ4n) is 2.46. The van der Waals surface area contributed by atoms with E-state index in [9.17, 15) is 5.11 Å². The second-order valence-corrected chi connectivity index (χ2v) is 6.07. The second-order valence-electron chi connectivity index (χ2n) is 6.07. The van der Waals surface area contributed by atoms with Crippen LogP contribution in [0.4, 0.5) is 0 Å². The summed E-state index contributed by atoms with van der Waals surface area (Å²) in [6, 6.07) is 4.55. The van der Waals surface area contributed by atoms with Gasteiger partial charge in [0.2, 0.25) is 0 Å². The number of aliphatic hydroxyl groups is 1. The van der Waals surface area contributed by atoms with Gasteiger partial charge in [-0.15, -0.1) is 0 Å². The molecule has 2 nitrogen and oxygen atoms in total. The molecule has 0 radical (unpaired) electrons. The lowest BCUT2D eigenvalue weighted by atomic mass is 9.82. The molecule has 0 aliphatic carbocycles. The molecule has 0 aliphatic heterocycles. The smallest absolute Gasteiger partial charge is 0.0626 e. The Balaban J connectivity index is 3.23. The predicted octanol–water partition coefficient (Wildman–Crippen LogP) is 3.24. The minimum absolute atomic E-state index is 0.0454. The molecule has 1 aromatic carbocycles. The number of benzene rings is 1. The molecule has 1 rings (SSSR count). The summed E-state index contributed by atoms with van der Waals surface area (Å²) in [5, 5.41) is 12.9. The molecule has 18 heavy (non-hydrogen) atoms. The molecule has 0 bridgehead atoms. The monoisotopic (exact) mass is 249 g/mol. The maximum Gasteiger partial charge on any atom is 0.0626 e. The van der Waals surface area contributed by atoms with E-state index >= 15 is 0 Å². The lowest BCUT2D eigenvalue weighted by Gasteiger charge is -2.25. The van der Waals surface area contributed by atoms with E-state index in [2.05, 4.69) is 59.0 Å². The average Bonchev–Trinajstić information content (AvgIpc) is 2.25. The molecule has 0 aliphatic rings. The van der Waals surface area contributed by atoms with Crippen LogP contribution in [0.3, 0.4) is 0 Å². The van der Waals surface area contributed by atoms with Gasteiger partial charge >= 0.3 is 0 Å². The number of hydrogen-bond donors (Lipinski definition) is 2. The average molecular weight is 249 g/mol. The van der Waals surface area contributed by atoms with Crippen molar-refractivity contribution in [2.45, 2.75) is 53.0 Å². The van der Waals surface area contributed by atoms with Gasteiger partial charge in [0.25, 0.3) is 0 Å². The number of aliphatic hydroxyl groups excluding tert-OH is 1. The molecular weight excluding hydrogens is 222 g/mol. The van der Waals surface area contributed by atoms with E-state index in [1.807, 2.05) is 0 Å². The molecule has 0 saturated heterocycles. The highest BCUT2D eigenvalue weighted by atomic mass is 16.3. The van der Waals surface area contributed by atoms with Crippen LogP contribution in [0.25, 0.3) is 0 Å². The van der Waals surface area contributed by atoms with E-state index in [-0.39, 0.29) is 18.1 Å². The van der Waals surface area contributed by atoms with Crippen molar-refractivity contribution in [2.24, 2.45) is 0 Å². The van der Waals surface area contributed by atoms with Crippen molar-refractivity contribution in [1.82, 2.24) is 5.32 Å². The molecule has 0 heterocycles. The first-order valence-corrected chi connectivity index (χ1v) is 6.77. The number of aryl methyl sites for hydroxylation is 2. The Hall–Kier alpha value is -0.860. The standard InChI is InChI=1S/C16H27NO/c1-7-17-14(10-18)15-11(2)8-13(9-12(15)3)16(4,5)6/h8-9,14,17-18H,7,10H2,1-6H3. The summed E-state index contributed by atoms with van der Waals surface area (Å²) in [6.45, 7) is 14.0. The first-order chi connectivity index (χ1) is 8.31. The van der Waals surface area contributed by atoms with Crippen molar-refractivity contribution in [1.29, 1.82) is 0 Å². The highest BCUT2D eigenvalue weighted by Crippen LogP contribution is 2.29. The lowest BCUT2D eigenvalue weighted by molar-refractivity contribution is 0.245. The van der Waals surface area contributed by atoms with E-state index in [1.54, 1.807) is 0 Å². The Labute approximate surface area is 111 Å². The third kappa shape index (κ3) is 3.33. The summed E-state index contributed by atoms with van der Waals surface area (Å²) in [6.07, 6.45) is 0. The van der Waals surface area contributed by atoms with Crippen LogP contribution in [0.1, 0.15) is 56.0 Å². The highest BCUT2D eigenvalue weighted by Gasteiger charge is 2.19. The first kappa shape index (κ1) is 15.2. The number of rotatable bonds is 4. The zero-order valence-electron chi connectivity index (χ0n) is 12.6. The summed E-state index contributed by atoms with van der Waals surface area (Å²) in [5.41, 5.74) is 5.29. The number of nitrogens with one attached hydrogen (secondary N) is 1. The predicted molar refractivity (Wildman–Crippen MR) is 78.1 cm³/mol. The van der Waals surface area contributed by atoms with Crippen LogP contribution in [0.15, 0.2) is 12.1 Å². The molecule has 0 saturated carbocycles. The second kappa shape index (κ2) is 5.85. The van der Waals surface area contributed by atoms with E-state index in [4.69, 9.17) is 0 Å². The van der Waals surface area contributed by atoms with Gasteiger partial charge in [0.1, 0.15) is 0 Å². The number of hydrogen-bond acceptors (Lipinski definition) is 2. The fraction of sp³-hybridized carbons (Fsp3) is 0.625. The molecule has 1 unspecified atom stereocenters. The van der Waals surface area contributed by atoms with Gasteiger partial charge < -0.3 is 10.4 Å². The Morgan fingerprint density at radius 1 is 1.17 bits per heavy atom. The van der Waals surface area contributed by atoms with Gasteiger partial charge in [0.15, 0.2) is 0 Å². The van der Waals surface area contributed by atoms with Crippen LogP contribution in [-0.4, -0.2) is 18.3 Å². The molecule has 0 fully saturated rings. The Morgan fingerprint density at radius 2 is 1.67 bits per heavy atom. The number of likely N-dealkylation sites (N-methyl/N-ethyl adjacent to an activating group) is 1. The molecule has 1 aromatic rings. The largest absolute Gasteiger partial charge is 0.394 e. The van der Waals surface area contributed by atoms with Gasteiger partial charge in [-0.25, -0.2) is 0 Å². The van der Waals surface area contributed by atoms with Crippen molar-refractivity contribution < 1.29 is 5.11 Å². The van der Waals surface area contributed by atoms with Gasteiger partial charge in [0, 0.05) is 0 Å². The fourth-order valence-corrected chi connectivity index (χ4v) is 2.46. The summed E-state index contributed by atoms with van der Waals surface area (Å²) >= 11 is 0. The minimum atomic E-state index is 0.0454. The van der Waals surface area contributed by atoms with E-state index in [0.29, 0.717) is 0 Å². The normalized spacial score (nSPS) is 13.7. The highest BCUT2D eigenvalue weighted by molar-refractivity contribution is 5.42. The Bertz CT molecular complexity index is 381. The van der Waals surface area contributed by atoms with Crippen molar-refractivity contribution in [3.8, 4) is 0 Å². The molecule has 2 N–H and O–H groups in total. The zero-order valence-corrected chi connectivity index (χ0v) is 12.6. The van der Waals surface area contributed by atoms with Gasteiger partial charge in [-0.2, -0.15) is 0 Å².